The highest BCUT2D eigenvalue weighted by molar-refractivity contribution is 7.84. The summed E-state index contributed by atoms with van der Waals surface area (Å²) >= 11 is 0. The van der Waals surface area contributed by atoms with Gasteiger partial charge in [-0.05, 0) is 0 Å². The van der Waals surface area contributed by atoms with E-state index >= 15 is 0 Å². The number of halogens is 3. The standard InChI is InChI=1S/C8H13F3N2O4S/c1-18(17)3-2-12-7(16)13(4-6(14)15)5-8(9,10)11/h2-5H2,1H3,(H,12,16)(H,14,15). The van der Waals surface area contributed by atoms with E-state index < -0.39 is 42.1 Å². The molecule has 0 aliphatic carbocycles. The third kappa shape index (κ3) is 8.79. The van der Waals surface area contributed by atoms with Crippen molar-refractivity contribution in [2.24, 2.45) is 0 Å². The first kappa shape index (κ1) is 16.7. The molecule has 0 rings (SSSR count). The van der Waals surface area contributed by atoms with Gasteiger partial charge in [0, 0.05) is 29.4 Å². The van der Waals surface area contributed by atoms with Crippen LogP contribution in [0.4, 0.5) is 18.0 Å². The SMILES string of the molecule is CS(=O)CCNC(=O)N(CC(=O)O)CC(F)(F)F. The summed E-state index contributed by atoms with van der Waals surface area (Å²) in [4.78, 5) is 21.8. The van der Waals surface area contributed by atoms with E-state index in [1.807, 2.05) is 0 Å². The second-order valence-corrected chi connectivity index (χ2v) is 4.93. The molecule has 0 aromatic carbocycles. The van der Waals surface area contributed by atoms with Crippen molar-refractivity contribution in [3.8, 4) is 0 Å². The van der Waals surface area contributed by atoms with Gasteiger partial charge in [0.05, 0.1) is 0 Å². The van der Waals surface area contributed by atoms with Crippen molar-refractivity contribution < 1.29 is 32.1 Å². The molecular formula is C8H13F3N2O4S. The largest absolute Gasteiger partial charge is 0.480 e. The Bertz CT molecular complexity index is 335. The Hall–Kier alpha value is -1.32. The van der Waals surface area contributed by atoms with Crippen LogP contribution in [0.5, 0.6) is 0 Å². The molecule has 0 aliphatic heterocycles. The molecule has 1 unspecified atom stereocenters. The first-order chi connectivity index (χ1) is 8.11. The fourth-order valence-corrected chi connectivity index (χ4v) is 1.38. The number of urea groups is 1. The van der Waals surface area contributed by atoms with Crippen molar-refractivity contribution in [1.29, 1.82) is 0 Å². The van der Waals surface area contributed by atoms with Crippen molar-refractivity contribution in [1.82, 2.24) is 10.2 Å². The van der Waals surface area contributed by atoms with Crippen LogP contribution in [0, 0.1) is 0 Å². The van der Waals surface area contributed by atoms with Gasteiger partial charge in [0.15, 0.2) is 0 Å². The van der Waals surface area contributed by atoms with Gasteiger partial charge in [-0.3, -0.25) is 9.00 Å². The van der Waals surface area contributed by atoms with Crippen molar-refractivity contribution in [3.63, 3.8) is 0 Å². The average molecular weight is 290 g/mol. The van der Waals surface area contributed by atoms with E-state index in [1.54, 1.807) is 0 Å². The second kappa shape index (κ2) is 7.19. The minimum atomic E-state index is -4.68. The van der Waals surface area contributed by atoms with Crippen molar-refractivity contribution in [2.45, 2.75) is 6.18 Å². The molecular weight excluding hydrogens is 277 g/mol. The zero-order valence-electron chi connectivity index (χ0n) is 9.49. The van der Waals surface area contributed by atoms with Gasteiger partial charge in [-0.2, -0.15) is 13.2 Å². The average Bonchev–Trinajstić information content (AvgIpc) is 2.12. The van der Waals surface area contributed by atoms with Crippen LogP contribution in [-0.2, 0) is 15.6 Å². The zero-order chi connectivity index (χ0) is 14.3. The Kier molecular flexibility index (Phi) is 6.66. The summed E-state index contributed by atoms with van der Waals surface area (Å²) in [6.45, 7) is -2.79. The number of hydrogen-bond donors (Lipinski definition) is 2. The smallest absolute Gasteiger partial charge is 0.406 e. The quantitative estimate of drug-likeness (QED) is 0.722. The molecule has 0 saturated heterocycles. The molecule has 0 spiro atoms. The molecule has 106 valence electrons. The van der Waals surface area contributed by atoms with E-state index in [2.05, 4.69) is 5.32 Å². The van der Waals surface area contributed by atoms with Crippen LogP contribution in [0.3, 0.4) is 0 Å². The monoisotopic (exact) mass is 290 g/mol. The molecule has 0 saturated carbocycles. The van der Waals surface area contributed by atoms with Crippen molar-refractivity contribution in [3.05, 3.63) is 0 Å². The molecule has 2 N–H and O–H groups in total. The van der Waals surface area contributed by atoms with Gasteiger partial charge in [-0.25, -0.2) is 4.79 Å². The molecule has 0 aromatic rings. The normalized spacial score (nSPS) is 12.9. The molecule has 1 atom stereocenters. The number of aliphatic carboxylic acids is 1. The van der Waals surface area contributed by atoms with Gasteiger partial charge >= 0.3 is 18.2 Å². The Morgan fingerprint density at radius 3 is 2.33 bits per heavy atom. The van der Waals surface area contributed by atoms with Crippen molar-refractivity contribution >= 4 is 22.8 Å². The molecule has 0 heterocycles. The minimum Gasteiger partial charge on any atom is -0.480 e. The number of rotatable bonds is 6. The maximum atomic E-state index is 12.1. The number of hydrogen-bond acceptors (Lipinski definition) is 3. The first-order valence-corrected chi connectivity index (χ1v) is 6.46. The van der Waals surface area contributed by atoms with E-state index in [0.29, 0.717) is 0 Å². The highest BCUT2D eigenvalue weighted by Gasteiger charge is 2.33. The van der Waals surface area contributed by atoms with E-state index in [-0.39, 0.29) is 17.2 Å². The Balaban J connectivity index is 4.40. The van der Waals surface area contributed by atoms with E-state index in [9.17, 15) is 27.0 Å². The second-order valence-electron chi connectivity index (χ2n) is 3.37. The lowest BCUT2D eigenvalue weighted by Gasteiger charge is -2.22. The summed E-state index contributed by atoms with van der Waals surface area (Å²) in [7, 11) is -1.20. The summed E-state index contributed by atoms with van der Waals surface area (Å²) in [5.41, 5.74) is 0. The van der Waals surface area contributed by atoms with Gasteiger partial charge in [0.25, 0.3) is 0 Å². The van der Waals surface area contributed by atoms with Crippen molar-refractivity contribution in [2.75, 3.05) is 31.6 Å². The lowest BCUT2D eigenvalue weighted by molar-refractivity contribution is -0.148. The Morgan fingerprint density at radius 2 is 1.94 bits per heavy atom. The highest BCUT2D eigenvalue weighted by atomic mass is 32.2. The fourth-order valence-electron chi connectivity index (χ4n) is 0.993. The van der Waals surface area contributed by atoms with Gasteiger partial charge in [0.2, 0.25) is 0 Å². The lowest BCUT2D eigenvalue weighted by atomic mass is 10.4. The van der Waals surface area contributed by atoms with Crippen LogP contribution in [0.1, 0.15) is 0 Å². The molecule has 0 fully saturated rings. The summed E-state index contributed by atoms with van der Waals surface area (Å²) < 4.78 is 47.0. The summed E-state index contributed by atoms with van der Waals surface area (Å²) in [6, 6.07) is -1.15. The predicted octanol–water partition coefficient (Wildman–Crippen LogP) is 0.0234. The maximum absolute atomic E-state index is 12.1. The lowest BCUT2D eigenvalue weighted by Crippen LogP contribution is -2.47. The van der Waals surface area contributed by atoms with Crippen LogP contribution in [0.15, 0.2) is 0 Å². The molecule has 0 aliphatic rings. The molecule has 6 nitrogen and oxygen atoms in total. The van der Waals surface area contributed by atoms with Crippen LogP contribution in [0.25, 0.3) is 0 Å². The number of nitrogens with one attached hydrogen (secondary N) is 1. The van der Waals surface area contributed by atoms with Crippen LogP contribution >= 0.6 is 0 Å². The molecule has 0 aromatic heterocycles. The Morgan fingerprint density at radius 1 is 1.39 bits per heavy atom. The summed E-state index contributed by atoms with van der Waals surface area (Å²) in [5, 5.41) is 10.5. The number of amides is 2. The molecule has 2 amide bonds. The van der Waals surface area contributed by atoms with Crippen LogP contribution < -0.4 is 5.32 Å². The predicted molar refractivity (Wildman–Crippen MR) is 57.6 cm³/mol. The summed E-state index contributed by atoms with van der Waals surface area (Å²) in [6.07, 6.45) is -3.31. The van der Waals surface area contributed by atoms with E-state index in [4.69, 9.17) is 5.11 Å². The Labute approximate surface area is 104 Å². The molecule has 10 heteroatoms. The number of carbonyl (C=O) groups is 2. The van der Waals surface area contributed by atoms with Gasteiger partial charge in [0.1, 0.15) is 13.1 Å². The van der Waals surface area contributed by atoms with Gasteiger partial charge in [-0.15, -0.1) is 0 Å². The van der Waals surface area contributed by atoms with Gasteiger partial charge in [-0.1, -0.05) is 0 Å². The topological polar surface area (TPSA) is 86.7 Å². The number of carboxylic acids is 1. The maximum Gasteiger partial charge on any atom is 0.406 e. The van der Waals surface area contributed by atoms with Gasteiger partial charge < -0.3 is 15.3 Å². The number of alkyl halides is 3. The zero-order valence-corrected chi connectivity index (χ0v) is 10.3. The number of carboxylic acid groups (broad SMARTS) is 1. The fraction of sp³-hybridized carbons (Fsp3) is 0.750. The number of nitrogens with zero attached hydrogens (tertiary/aromatic N) is 1. The molecule has 18 heavy (non-hydrogen) atoms. The third-order valence-corrected chi connectivity index (χ3v) is 2.43. The van der Waals surface area contributed by atoms with E-state index in [1.165, 1.54) is 6.26 Å². The first-order valence-electron chi connectivity index (χ1n) is 4.73. The number of carbonyl (C=O) groups excluding carboxylic acids is 1. The third-order valence-electron chi connectivity index (χ3n) is 1.65. The van der Waals surface area contributed by atoms with Crippen LogP contribution in [0.2, 0.25) is 0 Å². The summed E-state index contributed by atoms with van der Waals surface area (Å²) in [5.74, 6) is -1.47. The molecule has 0 bridgehead atoms. The molecule has 0 radical (unpaired) electrons. The minimum absolute atomic E-state index is 0.0820. The van der Waals surface area contributed by atoms with E-state index in [0.717, 1.165) is 0 Å². The van der Waals surface area contributed by atoms with Crippen LogP contribution in [-0.4, -0.2) is 64.0 Å². The highest BCUT2D eigenvalue weighted by Crippen LogP contribution is 2.16.